The molecule has 0 amide bonds. The highest BCUT2D eigenvalue weighted by Crippen LogP contribution is 2.38. The average molecular weight is 414 g/mol. The van der Waals surface area contributed by atoms with E-state index in [9.17, 15) is 9.18 Å². The van der Waals surface area contributed by atoms with Gasteiger partial charge in [0.25, 0.3) is 0 Å². The molecule has 5 rings (SSSR count). The van der Waals surface area contributed by atoms with Crippen molar-refractivity contribution in [3.8, 4) is 11.1 Å². The van der Waals surface area contributed by atoms with Crippen molar-refractivity contribution in [3.05, 3.63) is 82.4 Å². The van der Waals surface area contributed by atoms with Crippen LogP contribution in [0.3, 0.4) is 0 Å². The third-order valence-corrected chi connectivity index (χ3v) is 5.75. The molecule has 31 heavy (non-hydrogen) atoms. The Bertz CT molecular complexity index is 1380. The van der Waals surface area contributed by atoms with Crippen molar-refractivity contribution in [2.45, 2.75) is 19.3 Å². The van der Waals surface area contributed by atoms with E-state index >= 15 is 0 Å². The van der Waals surface area contributed by atoms with Crippen LogP contribution in [0, 0.1) is 11.7 Å². The van der Waals surface area contributed by atoms with E-state index in [-0.39, 0.29) is 22.7 Å². The summed E-state index contributed by atoms with van der Waals surface area (Å²) in [5.41, 5.74) is 8.52. The number of hydrogen-bond acceptors (Lipinski definition) is 6. The molecule has 2 aromatic heterocycles. The first-order valence-electron chi connectivity index (χ1n) is 9.98. The number of anilines is 1. The molecule has 6 nitrogen and oxygen atoms in total. The Labute approximate surface area is 177 Å². The molecule has 0 saturated carbocycles. The molecule has 0 bridgehead atoms. The van der Waals surface area contributed by atoms with E-state index in [0.29, 0.717) is 34.8 Å². The van der Waals surface area contributed by atoms with Crippen molar-refractivity contribution in [2.24, 2.45) is 10.9 Å². The van der Waals surface area contributed by atoms with Gasteiger partial charge in [0.1, 0.15) is 29.2 Å². The van der Waals surface area contributed by atoms with Crippen LogP contribution in [-0.4, -0.2) is 16.2 Å². The van der Waals surface area contributed by atoms with Crippen LogP contribution in [0.5, 0.6) is 0 Å². The molecule has 2 N–H and O–H groups in total. The first-order valence-corrected chi connectivity index (χ1v) is 9.98. The van der Waals surface area contributed by atoms with E-state index in [1.807, 2.05) is 43.5 Å². The van der Waals surface area contributed by atoms with Crippen molar-refractivity contribution in [1.29, 1.82) is 0 Å². The third-order valence-electron chi connectivity index (χ3n) is 5.75. The van der Waals surface area contributed by atoms with Crippen LogP contribution >= 0.6 is 0 Å². The maximum atomic E-state index is 13.9. The lowest BCUT2D eigenvalue weighted by Gasteiger charge is -2.25. The van der Waals surface area contributed by atoms with E-state index in [1.54, 1.807) is 0 Å². The summed E-state index contributed by atoms with van der Waals surface area (Å²) >= 11 is 0. The first-order chi connectivity index (χ1) is 15.0. The Kier molecular flexibility index (Phi) is 4.58. The second kappa shape index (κ2) is 7.43. The molecule has 0 aliphatic carbocycles. The fraction of sp³-hybridized carbons (Fsp3) is 0.167. The predicted molar refractivity (Wildman–Crippen MR) is 118 cm³/mol. The van der Waals surface area contributed by atoms with E-state index < -0.39 is 5.82 Å². The predicted octanol–water partition coefficient (Wildman–Crippen LogP) is 4.65. The molecule has 0 spiro atoms. The van der Waals surface area contributed by atoms with Gasteiger partial charge in [0.2, 0.25) is 5.43 Å². The number of nitrogens with two attached hydrogens (primary N) is 1. The second-order valence-corrected chi connectivity index (χ2v) is 7.67. The van der Waals surface area contributed by atoms with Crippen molar-refractivity contribution < 1.29 is 8.81 Å². The summed E-state index contributed by atoms with van der Waals surface area (Å²) < 4.78 is 20.1. The Morgan fingerprint density at radius 2 is 1.97 bits per heavy atom. The standard InChI is InChI=1S/C24H19FN4O2/c1-13(15-9-18-21(27-11-15)24(26)29-12-28-18)23-20(14-5-3-2-4-6-14)22(30)17-10-16(25)7-8-19(17)31-23/h2-8,10-13,15H,9H2,1H3,(H2,26,28,29). The smallest absolute Gasteiger partial charge is 0.200 e. The molecular weight excluding hydrogens is 395 g/mol. The molecule has 0 fully saturated rings. The van der Waals surface area contributed by atoms with Crippen LogP contribution in [0.2, 0.25) is 0 Å². The quantitative estimate of drug-likeness (QED) is 0.527. The van der Waals surface area contributed by atoms with Gasteiger partial charge in [0, 0.05) is 24.5 Å². The minimum atomic E-state index is -0.479. The third kappa shape index (κ3) is 3.28. The summed E-state index contributed by atoms with van der Waals surface area (Å²) in [5.74, 6) is 0.150. The molecule has 7 heteroatoms. The van der Waals surface area contributed by atoms with Gasteiger partial charge in [-0.15, -0.1) is 0 Å². The number of fused-ring (bicyclic) bond motifs is 2. The molecule has 154 valence electrons. The van der Waals surface area contributed by atoms with Crippen molar-refractivity contribution in [3.63, 3.8) is 0 Å². The highest BCUT2D eigenvalue weighted by Gasteiger charge is 2.29. The largest absolute Gasteiger partial charge is 0.460 e. The van der Waals surface area contributed by atoms with Gasteiger partial charge in [0.05, 0.1) is 16.6 Å². The van der Waals surface area contributed by atoms with Crippen molar-refractivity contribution >= 4 is 28.7 Å². The fourth-order valence-electron chi connectivity index (χ4n) is 4.05. The molecule has 1 aliphatic rings. The van der Waals surface area contributed by atoms with Crippen LogP contribution < -0.4 is 11.2 Å². The van der Waals surface area contributed by atoms with Gasteiger partial charge in [-0.3, -0.25) is 9.79 Å². The van der Waals surface area contributed by atoms with Crippen LogP contribution in [0.15, 0.2) is 69.1 Å². The maximum absolute atomic E-state index is 13.9. The summed E-state index contributed by atoms with van der Waals surface area (Å²) in [5, 5.41) is 0.220. The zero-order valence-electron chi connectivity index (χ0n) is 16.7. The lowest BCUT2D eigenvalue weighted by molar-refractivity contribution is 0.444. The van der Waals surface area contributed by atoms with Gasteiger partial charge >= 0.3 is 0 Å². The molecular formula is C24H19FN4O2. The van der Waals surface area contributed by atoms with Gasteiger partial charge in [-0.1, -0.05) is 37.3 Å². The zero-order chi connectivity index (χ0) is 21.5. The average Bonchev–Trinajstić information content (AvgIpc) is 2.79. The number of hydrogen-bond donors (Lipinski definition) is 1. The van der Waals surface area contributed by atoms with E-state index in [2.05, 4.69) is 15.0 Å². The van der Waals surface area contributed by atoms with Gasteiger partial charge in [-0.2, -0.15) is 0 Å². The van der Waals surface area contributed by atoms with Gasteiger partial charge in [-0.25, -0.2) is 14.4 Å². The van der Waals surface area contributed by atoms with Crippen LogP contribution in [0.25, 0.3) is 22.1 Å². The minimum Gasteiger partial charge on any atom is -0.460 e. The minimum absolute atomic E-state index is 0.0645. The number of nitrogens with zero attached hydrogens (tertiary/aromatic N) is 3. The number of nitrogen functional groups attached to an aromatic ring is 1. The first kappa shape index (κ1) is 19.1. The van der Waals surface area contributed by atoms with Gasteiger partial charge in [0.15, 0.2) is 5.82 Å². The molecule has 2 atom stereocenters. The van der Waals surface area contributed by atoms with Gasteiger partial charge < -0.3 is 10.2 Å². The summed E-state index contributed by atoms with van der Waals surface area (Å²) in [6.07, 6.45) is 3.83. The zero-order valence-corrected chi connectivity index (χ0v) is 16.7. The molecule has 2 aromatic carbocycles. The maximum Gasteiger partial charge on any atom is 0.200 e. The lowest BCUT2D eigenvalue weighted by atomic mass is 9.84. The number of aromatic nitrogens is 2. The molecule has 0 saturated heterocycles. The topological polar surface area (TPSA) is 94.4 Å². The summed E-state index contributed by atoms with van der Waals surface area (Å²) in [6, 6.07) is 13.3. The SMILES string of the molecule is CC(c1oc2ccc(F)cc2c(=O)c1-c1ccccc1)C1C=Nc2c(N)ncnc2C1. The van der Waals surface area contributed by atoms with E-state index in [0.717, 1.165) is 11.3 Å². The Morgan fingerprint density at radius 3 is 2.77 bits per heavy atom. The molecule has 3 heterocycles. The molecule has 2 unspecified atom stereocenters. The summed E-state index contributed by atoms with van der Waals surface area (Å²) in [4.78, 5) is 26.2. The van der Waals surface area contributed by atoms with E-state index in [1.165, 1.54) is 24.5 Å². The fourth-order valence-corrected chi connectivity index (χ4v) is 4.05. The normalized spacial score (nSPS) is 16.3. The Morgan fingerprint density at radius 1 is 1.16 bits per heavy atom. The lowest BCUT2D eigenvalue weighted by Crippen LogP contribution is -2.21. The van der Waals surface area contributed by atoms with E-state index in [4.69, 9.17) is 10.2 Å². The summed E-state index contributed by atoms with van der Waals surface area (Å²) in [6.45, 7) is 1.99. The highest BCUT2D eigenvalue weighted by atomic mass is 19.1. The number of halogens is 1. The number of rotatable bonds is 3. The molecule has 0 radical (unpaired) electrons. The Hall–Kier alpha value is -3.87. The molecule has 4 aromatic rings. The van der Waals surface area contributed by atoms with Gasteiger partial charge in [-0.05, 0) is 23.8 Å². The summed E-state index contributed by atoms with van der Waals surface area (Å²) in [7, 11) is 0. The Balaban J connectivity index is 1.67. The monoisotopic (exact) mass is 414 g/mol. The van der Waals surface area contributed by atoms with Crippen LogP contribution in [0.4, 0.5) is 15.9 Å². The van der Waals surface area contributed by atoms with Crippen molar-refractivity contribution in [2.75, 3.05) is 5.73 Å². The van der Waals surface area contributed by atoms with Crippen LogP contribution in [0.1, 0.15) is 24.3 Å². The second-order valence-electron chi connectivity index (χ2n) is 7.67. The highest BCUT2D eigenvalue weighted by molar-refractivity contribution is 5.84. The number of aliphatic imine (C=N–C) groups is 1. The number of benzene rings is 2. The van der Waals surface area contributed by atoms with Crippen molar-refractivity contribution in [1.82, 2.24) is 9.97 Å². The molecule has 1 aliphatic heterocycles. The van der Waals surface area contributed by atoms with Crippen LogP contribution in [-0.2, 0) is 6.42 Å².